The van der Waals surface area contributed by atoms with Gasteiger partial charge in [-0.1, -0.05) is 0 Å². The SMILES string of the molecule is O=S(O)c1cc(Nc2nc(NCCOCCO)nc(NCCOCCO)n2)cc(Nc2nc(NCCOCCO)nc(NCCOCCO)n2)c1. The Morgan fingerprint density at radius 3 is 1.04 bits per heavy atom. The number of anilines is 8. The second kappa shape index (κ2) is 24.9. The van der Waals surface area contributed by atoms with Gasteiger partial charge in [-0.3, -0.25) is 0 Å². The highest BCUT2D eigenvalue weighted by Gasteiger charge is 2.13. The number of nitrogens with one attached hydrogen (secondary N) is 6. The first-order valence-electron chi connectivity index (χ1n) is 16.0. The van der Waals surface area contributed by atoms with Crippen LogP contribution in [0.3, 0.4) is 0 Å². The molecule has 0 bridgehead atoms. The van der Waals surface area contributed by atoms with E-state index in [4.69, 9.17) is 39.4 Å². The Morgan fingerprint density at radius 2 is 0.765 bits per heavy atom. The molecule has 3 rings (SSSR count). The highest BCUT2D eigenvalue weighted by molar-refractivity contribution is 7.79. The minimum atomic E-state index is -2.37. The van der Waals surface area contributed by atoms with Crippen molar-refractivity contribution in [3.8, 4) is 0 Å². The van der Waals surface area contributed by atoms with Gasteiger partial charge in [0, 0.05) is 37.6 Å². The summed E-state index contributed by atoms with van der Waals surface area (Å²) in [6, 6.07) is 4.52. The van der Waals surface area contributed by atoms with E-state index in [0.29, 0.717) is 37.6 Å². The first-order chi connectivity index (χ1) is 24.9. The summed E-state index contributed by atoms with van der Waals surface area (Å²) in [4.78, 5) is 26.3. The predicted molar refractivity (Wildman–Crippen MR) is 187 cm³/mol. The molecule has 284 valence electrons. The lowest BCUT2D eigenvalue weighted by Crippen LogP contribution is -2.17. The van der Waals surface area contributed by atoms with Crippen LogP contribution < -0.4 is 31.9 Å². The zero-order chi connectivity index (χ0) is 36.5. The van der Waals surface area contributed by atoms with Gasteiger partial charge in [0.1, 0.15) is 0 Å². The minimum absolute atomic E-state index is 0.0446. The number of rotatable bonds is 29. The van der Waals surface area contributed by atoms with Crippen molar-refractivity contribution in [1.29, 1.82) is 0 Å². The summed E-state index contributed by atoms with van der Waals surface area (Å²) in [6.45, 7) is 2.80. The van der Waals surface area contributed by atoms with Gasteiger partial charge in [-0.05, 0) is 18.2 Å². The van der Waals surface area contributed by atoms with E-state index in [1.807, 2.05) is 0 Å². The van der Waals surface area contributed by atoms with Gasteiger partial charge < -0.3 is 75.8 Å². The van der Waals surface area contributed by atoms with Crippen LogP contribution in [0.25, 0.3) is 0 Å². The molecule has 0 saturated carbocycles. The van der Waals surface area contributed by atoms with E-state index in [1.54, 1.807) is 6.07 Å². The molecule has 0 aliphatic heterocycles. The minimum Gasteiger partial charge on any atom is -0.394 e. The highest BCUT2D eigenvalue weighted by atomic mass is 32.2. The molecule has 1 atom stereocenters. The predicted octanol–water partition coefficient (Wildman–Crippen LogP) is -1.19. The molecular weight excluding hydrogens is 696 g/mol. The molecule has 11 N–H and O–H groups in total. The summed E-state index contributed by atoms with van der Waals surface area (Å²) in [5, 5.41) is 53.9. The Morgan fingerprint density at radius 1 is 0.471 bits per heavy atom. The van der Waals surface area contributed by atoms with Crippen molar-refractivity contribution >= 4 is 58.1 Å². The number of aliphatic hydroxyl groups is 4. The molecule has 3 aromatic rings. The molecule has 22 nitrogen and oxygen atoms in total. The average molecular weight is 743 g/mol. The maximum absolute atomic E-state index is 12.2. The number of hydrogen-bond donors (Lipinski definition) is 11. The van der Waals surface area contributed by atoms with Crippen molar-refractivity contribution < 1.29 is 48.1 Å². The van der Waals surface area contributed by atoms with Gasteiger partial charge in [-0.15, -0.1) is 0 Å². The summed E-state index contributed by atoms with van der Waals surface area (Å²) < 4.78 is 43.3. The van der Waals surface area contributed by atoms with Crippen molar-refractivity contribution in [1.82, 2.24) is 29.9 Å². The van der Waals surface area contributed by atoms with E-state index in [0.717, 1.165) is 0 Å². The van der Waals surface area contributed by atoms with Crippen molar-refractivity contribution in [3.05, 3.63) is 18.2 Å². The number of nitrogens with zero attached hydrogens (tertiary/aromatic N) is 6. The van der Waals surface area contributed by atoms with Crippen LogP contribution in [-0.2, 0) is 30.0 Å². The topological polar surface area (TPSA) is 305 Å². The van der Waals surface area contributed by atoms with E-state index >= 15 is 0 Å². The number of ether oxygens (including phenoxy) is 4. The lowest BCUT2D eigenvalue weighted by molar-refractivity contribution is 0.0990. The van der Waals surface area contributed by atoms with Gasteiger partial charge >= 0.3 is 0 Å². The molecular formula is C28H46N12O10S. The number of benzene rings is 1. The Bertz CT molecular complexity index is 1290. The summed E-state index contributed by atoms with van der Waals surface area (Å²) in [7, 11) is 0. The fourth-order valence-electron chi connectivity index (χ4n) is 3.89. The van der Waals surface area contributed by atoms with Gasteiger partial charge in [0.15, 0.2) is 11.1 Å². The molecule has 0 aliphatic carbocycles. The molecule has 0 spiro atoms. The van der Waals surface area contributed by atoms with Crippen molar-refractivity contribution in [2.24, 2.45) is 0 Å². The van der Waals surface area contributed by atoms with Gasteiger partial charge in [0.25, 0.3) is 0 Å². The smallest absolute Gasteiger partial charge is 0.233 e. The lowest BCUT2D eigenvalue weighted by Gasteiger charge is -2.14. The molecule has 23 heteroatoms. The Balaban J connectivity index is 1.84. The maximum atomic E-state index is 12.2. The van der Waals surface area contributed by atoms with E-state index in [-0.39, 0.29) is 120 Å². The average Bonchev–Trinajstić information content (AvgIpc) is 3.11. The van der Waals surface area contributed by atoms with E-state index in [2.05, 4.69) is 61.8 Å². The maximum Gasteiger partial charge on any atom is 0.233 e. The third kappa shape index (κ3) is 17.1. The van der Waals surface area contributed by atoms with E-state index < -0.39 is 11.1 Å². The molecule has 0 saturated heterocycles. The quantitative estimate of drug-likeness (QED) is 0.0294. The van der Waals surface area contributed by atoms with Crippen LogP contribution in [0.5, 0.6) is 0 Å². The van der Waals surface area contributed by atoms with Gasteiger partial charge in [0.2, 0.25) is 35.7 Å². The molecule has 0 amide bonds. The number of aromatic nitrogens is 6. The molecule has 0 aliphatic rings. The second-order valence-electron chi connectivity index (χ2n) is 9.91. The first kappa shape index (κ1) is 41.3. The van der Waals surface area contributed by atoms with Crippen LogP contribution in [0.4, 0.5) is 47.1 Å². The molecule has 2 heterocycles. The molecule has 1 unspecified atom stereocenters. The normalized spacial score (nSPS) is 11.6. The van der Waals surface area contributed by atoms with E-state index in [1.165, 1.54) is 12.1 Å². The third-order valence-electron chi connectivity index (χ3n) is 5.95. The van der Waals surface area contributed by atoms with Gasteiger partial charge in [-0.2, -0.15) is 29.9 Å². The molecule has 1 aromatic carbocycles. The number of hydrogen-bond acceptors (Lipinski definition) is 21. The highest BCUT2D eigenvalue weighted by Crippen LogP contribution is 2.26. The molecule has 0 radical (unpaired) electrons. The van der Waals surface area contributed by atoms with E-state index in [9.17, 15) is 8.76 Å². The second-order valence-corrected chi connectivity index (χ2v) is 10.9. The van der Waals surface area contributed by atoms with Crippen LogP contribution in [0.2, 0.25) is 0 Å². The zero-order valence-corrected chi connectivity index (χ0v) is 28.7. The summed E-state index contributed by atoms with van der Waals surface area (Å²) >= 11 is -2.37. The Hall–Kier alpha value is -4.17. The van der Waals surface area contributed by atoms with Crippen molar-refractivity contribution in [2.45, 2.75) is 4.90 Å². The summed E-state index contributed by atoms with van der Waals surface area (Å²) in [5.74, 6) is 1.00. The summed E-state index contributed by atoms with van der Waals surface area (Å²) in [5.41, 5.74) is 0.678. The molecule has 0 fully saturated rings. The largest absolute Gasteiger partial charge is 0.394 e. The monoisotopic (exact) mass is 742 g/mol. The van der Waals surface area contributed by atoms with Gasteiger partial charge in [0.05, 0.1) is 84.2 Å². The fourth-order valence-corrected chi connectivity index (χ4v) is 4.34. The fraction of sp³-hybridized carbons (Fsp3) is 0.571. The van der Waals surface area contributed by atoms with Crippen molar-refractivity contribution in [3.63, 3.8) is 0 Å². The molecule has 51 heavy (non-hydrogen) atoms. The van der Waals surface area contributed by atoms with Crippen LogP contribution in [0.1, 0.15) is 0 Å². The van der Waals surface area contributed by atoms with Crippen LogP contribution >= 0.6 is 0 Å². The van der Waals surface area contributed by atoms with Crippen LogP contribution in [-0.4, -0.2) is 165 Å². The Labute approximate surface area is 296 Å². The summed E-state index contributed by atoms with van der Waals surface area (Å²) in [6.07, 6.45) is 0. The van der Waals surface area contributed by atoms with Crippen molar-refractivity contribution in [2.75, 3.05) is 137 Å². The first-order valence-corrected chi connectivity index (χ1v) is 17.1. The molecule has 2 aromatic heterocycles. The Kier molecular flexibility index (Phi) is 20.1. The zero-order valence-electron chi connectivity index (χ0n) is 27.9. The standard InChI is InChI=1S/C28H46N12O10S/c41-5-13-47-9-1-29-23-35-24(30-2-10-48-14-6-42)38-27(37-23)33-20-17-21(19-22(18-20)51(45)46)34-28-39-25(31-3-11-49-15-7-43)36-26(40-28)32-4-12-50-16-8-44/h17-19,41-44H,1-16H2,(H,45,46)(H3,29,30,33,35,37,38)(H3,31,32,34,36,39,40). The van der Waals surface area contributed by atoms with Crippen LogP contribution in [0.15, 0.2) is 23.1 Å². The lowest BCUT2D eigenvalue weighted by atomic mass is 10.2. The van der Waals surface area contributed by atoms with Crippen LogP contribution in [0, 0.1) is 0 Å². The number of aliphatic hydroxyl groups excluding tert-OH is 4. The van der Waals surface area contributed by atoms with Gasteiger partial charge in [-0.25, -0.2) is 4.21 Å². The third-order valence-corrected chi connectivity index (χ3v) is 6.59.